The van der Waals surface area contributed by atoms with Crippen LogP contribution < -0.4 is 5.73 Å². The topological polar surface area (TPSA) is 64.9 Å². The molecule has 2 heterocycles. The molecular formula is C13H11N3OS. The minimum absolute atomic E-state index is 0.508. The summed E-state index contributed by atoms with van der Waals surface area (Å²) in [5.41, 5.74) is 7.26. The summed E-state index contributed by atoms with van der Waals surface area (Å²) in [6.07, 6.45) is 0.698. The van der Waals surface area contributed by atoms with Gasteiger partial charge < -0.3 is 10.3 Å². The summed E-state index contributed by atoms with van der Waals surface area (Å²) in [6.45, 7) is 0. The molecule has 0 spiro atoms. The molecule has 3 aromatic rings. The van der Waals surface area contributed by atoms with Crippen LogP contribution in [0.1, 0.15) is 10.7 Å². The van der Waals surface area contributed by atoms with Crippen LogP contribution in [-0.2, 0) is 6.42 Å². The first-order valence-corrected chi connectivity index (χ1v) is 6.40. The van der Waals surface area contributed by atoms with Crippen LogP contribution in [0.5, 0.6) is 0 Å². The predicted octanol–water partition coefficient (Wildman–Crippen LogP) is 2.97. The number of nitrogens with zero attached hydrogens (tertiary/aromatic N) is 2. The van der Waals surface area contributed by atoms with Gasteiger partial charge in [0.05, 0.1) is 0 Å². The van der Waals surface area contributed by atoms with Crippen molar-refractivity contribution in [2.24, 2.45) is 0 Å². The van der Waals surface area contributed by atoms with Crippen LogP contribution in [0.4, 0.5) is 5.69 Å². The molecule has 0 saturated carbocycles. The summed E-state index contributed by atoms with van der Waals surface area (Å²) in [5.74, 6) is 1.20. The van der Waals surface area contributed by atoms with Gasteiger partial charge in [-0.25, -0.2) is 0 Å². The van der Waals surface area contributed by atoms with E-state index in [9.17, 15) is 0 Å². The van der Waals surface area contributed by atoms with Gasteiger partial charge in [-0.2, -0.15) is 4.98 Å². The van der Waals surface area contributed by atoms with Crippen molar-refractivity contribution >= 4 is 17.0 Å². The largest absolute Gasteiger partial charge is 0.399 e. The Labute approximate surface area is 108 Å². The first-order valence-electron chi connectivity index (χ1n) is 5.52. The van der Waals surface area contributed by atoms with Crippen molar-refractivity contribution in [1.82, 2.24) is 10.1 Å². The number of hydrogen-bond acceptors (Lipinski definition) is 5. The summed E-state index contributed by atoms with van der Waals surface area (Å²) >= 11 is 1.68. The van der Waals surface area contributed by atoms with Gasteiger partial charge in [0.2, 0.25) is 0 Å². The van der Waals surface area contributed by atoms with Gasteiger partial charge in [-0.1, -0.05) is 17.3 Å². The Morgan fingerprint density at radius 2 is 2.17 bits per heavy atom. The van der Waals surface area contributed by atoms with E-state index in [1.165, 1.54) is 4.88 Å². The van der Waals surface area contributed by atoms with E-state index in [0.717, 1.165) is 5.56 Å². The third-order valence-corrected chi connectivity index (χ3v) is 3.39. The van der Waals surface area contributed by atoms with Crippen molar-refractivity contribution in [2.45, 2.75) is 6.42 Å². The molecule has 0 fully saturated rings. The van der Waals surface area contributed by atoms with E-state index in [-0.39, 0.29) is 0 Å². The summed E-state index contributed by atoms with van der Waals surface area (Å²) in [4.78, 5) is 5.59. The third kappa shape index (κ3) is 2.26. The smallest absolute Gasteiger partial charge is 0.258 e. The van der Waals surface area contributed by atoms with Gasteiger partial charge in [0, 0.05) is 22.5 Å². The number of rotatable bonds is 3. The average molecular weight is 257 g/mol. The molecule has 18 heavy (non-hydrogen) atoms. The van der Waals surface area contributed by atoms with Gasteiger partial charge >= 0.3 is 0 Å². The zero-order chi connectivity index (χ0) is 12.4. The number of nitrogens with two attached hydrogens (primary N) is 1. The number of nitrogen functional groups attached to an aromatic ring is 1. The normalized spacial score (nSPS) is 10.7. The van der Waals surface area contributed by atoms with Gasteiger partial charge in [0.15, 0.2) is 5.82 Å². The number of thiophene rings is 1. The van der Waals surface area contributed by atoms with Crippen LogP contribution in [0, 0.1) is 0 Å². The maximum absolute atomic E-state index is 5.72. The Balaban J connectivity index is 1.85. The molecule has 0 saturated heterocycles. The molecular weight excluding hydrogens is 246 g/mol. The number of anilines is 1. The fourth-order valence-corrected chi connectivity index (χ4v) is 2.39. The highest BCUT2D eigenvalue weighted by Gasteiger charge is 2.09. The predicted molar refractivity (Wildman–Crippen MR) is 71.3 cm³/mol. The Hall–Kier alpha value is -2.14. The molecule has 5 heteroatoms. The molecule has 2 N–H and O–H groups in total. The maximum atomic E-state index is 5.72. The second-order valence-corrected chi connectivity index (χ2v) is 4.93. The van der Waals surface area contributed by atoms with Crippen molar-refractivity contribution in [3.05, 3.63) is 52.5 Å². The summed E-state index contributed by atoms with van der Waals surface area (Å²) in [5, 5.41) is 6.01. The second kappa shape index (κ2) is 4.62. The van der Waals surface area contributed by atoms with Gasteiger partial charge in [-0.05, 0) is 29.6 Å². The molecule has 4 nitrogen and oxygen atoms in total. The summed E-state index contributed by atoms with van der Waals surface area (Å²) in [6, 6.07) is 11.5. The highest BCUT2D eigenvalue weighted by Crippen LogP contribution is 2.20. The van der Waals surface area contributed by atoms with E-state index < -0.39 is 0 Å². The van der Waals surface area contributed by atoms with Gasteiger partial charge in [0.1, 0.15) is 0 Å². The van der Waals surface area contributed by atoms with Crippen LogP contribution in [0.25, 0.3) is 11.5 Å². The lowest BCUT2D eigenvalue weighted by atomic mass is 10.2. The molecule has 0 aliphatic rings. The van der Waals surface area contributed by atoms with Gasteiger partial charge in [0.25, 0.3) is 5.89 Å². The van der Waals surface area contributed by atoms with Crippen molar-refractivity contribution in [3.63, 3.8) is 0 Å². The first-order chi connectivity index (χ1) is 8.81. The third-order valence-electron chi connectivity index (χ3n) is 2.51. The molecule has 3 rings (SSSR count). The van der Waals surface area contributed by atoms with Crippen LogP contribution >= 0.6 is 11.3 Å². The van der Waals surface area contributed by atoms with Crippen LogP contribution in [0.3, 0.4) is 0 Å². The Bertz CT molecular complexity index is 646. The maximum Gasteiger partial charge on any atom is 0.258 e. The van der Waals surface area contributed by atoms with E-state index in [1.807, 2.05) is 35.7 Å². The van der Waals surface area contributed by atoms with Crippen molar-refractivity contribution in [1.29, 1.82) is 0 Å². The van der Waals surface area contributed by atoms with Gasteiger partial charge in [-0.3, -0.25) is 0 Å². The van der Waals surface area contributed by atoms with Crippen LogP contribution in [0.15, 0.2) is 46.3 Å². The standard InChI is InChI=1S/C13H11N3OS/c14-10-4-1-3-9(7-10)13-15-12(16-17-13)8-11-5-2-6-18-11/h1-7H,8,14H2. The quantitative estimate of drug-likeness (QED) is 0.732. The number of aromatic nitrogens is 2. The SMILES string of the molecule is Nc1cccc(-c2nc(Cc3cccs3)no2)c1. The lowest BCUT2D eigenvalue weighted by Gasteiger charge is -1.95. The zero-order valence-corrected chi connectivity index (χ0v) is 10.4. The Morgan fingerprint density at radius 3 is 2.94 bits per heavy atom. The van der Waals surface area contributed by atoms with E-state index in [0.29, 0.717) is 23.8 Å². The van der Waals surface area contributed by atoms with E-state index >= 15 is 0 Å². The molecule has 0 radical (unpaired) electrons. The highest BCUT2D eigenvalue weighted by atomic mass is 32.1. The minimum Gasteiger partial charge on any atom is -0.399 e. The van der Waals surface area contributed by atoms with Crippen molar-refractivity contribution in [3.8, 4) is 11.5 Å². The van der Waals surface area contributed by atoms with Crippen LogP contribution in [-0.4, -0.2) is 10.1 Å². The average Bonchev–Trinajstić information content (AvgIpc) is 3.01. The Morgan fingerprint density at radius 1 is 1.22 bits per heavy atom. The summed E-state index contributed by atoms with van der Waals surface area (Å²) < 4.78 is 5.24. The van der Waals surface area contributed by atoms with E-state index in [4.69, 9.17) is 10.3 Å². The Kier molecular flexibility index (Phi) is 2.82. The van der Waals surface area contributed by atoms with Crippen LogP contribution in [0.2, 0.25) is 0 Å². The molecule has 0 amide bonds. The zero-order valence-electron chi connectivity index (χ0n) is 9.54. The fourth-order valence-electron chi connectivity index (χ4n) is 1.68. The fraction of sp³-hybridized carbons (Fsp3) is 0.0769. The monoisotopic (exact) mass is 257 g/mol. The number of benzene rings is 1. The lowest BCUT2D eigenvalue weighted by molar-refractivity contribution is 0.424. The molecule has 0 atom stereocenters. The molecule has 0 aliphatic carbocycles. The molecule has 0 aliphatic heterocycles. The summed E-state index contributed by atoms with van der Waals surface area (Å²) in [7, 11) is 0. The highest BCUT2D eigenvalue weighted by molar-refractivity contribution is 7.09. The van der Waals surface area contributed by atoms with Crippen molar-refractivity contribution in [2.75, 3.05) is 5.73 Å². The van der Waals surface area contributed by atoms with Crippen molar-refractivity contribution < 1.29 is 4.52 Å². The minimum atomic E-state index is 0.508. The molecule has 2 aromatic heterocycles. The van der Waals surface area contributed by atoms with E-state index in [2.05, 4.69) is 16.2 Å². The molecule has 0 bridgehead atoms. The van der Waals surface area contributed by atoms with E-state index in [1.54, 1.807) is 11.3 Å². The number of hydrogen-bond donors (Lipinski definition) is 1. The first kappa shape index (κ1) is 11.0. The van der Waals surface area contributed by atoms with Gasteiger partial charge in [-0.15, -0.1) is 11.3 Å². The lowest BCUT2D eigenvalue weighted by Crippen LogP contribution is -1.88. The molecule has 0 unspecified atom stereocenters. The molecule has 90 valence electrons. The molecule has 1 aromatic carbocycles. The second-order valence-electron chi connectivity index (χ2n) is 3.90.